The summed E-state index contributed by atoms with van der Waals surface area (Å²) in [7, 11) is 0. The van der Waals surface area contributed by atoms with Crippen LogP contribution in [0.25, 0.3) is 0 Å². The van der Waals surface area contributed by atoms with Crippen molar-refractivity contribution in [2.75, 3.05) is 23.8 Å². The Labute approximate surface area is 153 Å². The number of benzene rings is 2. The third kappa shape index (κ3) is 5.51. The van der Waals surface area contributed by atoms with Crippen LogP contribution in [-0.2, 0) is 9.53 Å². The first-order valence-electron chi connectivity index (χ1n) is 8.56. The Kier molecular flexibility index (Phi) is 7.02. The fourth-order valence-electron chi connectivity index (χ4n) is 2.32. The Bertz CT molecular complexity index is 759. The van der Waals surface area contributed by atoms with Gasteiger partial charge in [0, 0.05) is 5.69 Å². The molecule has 6 nitrogen and oxygen atoms in total. The standard InChI is InChI=1S/C20H24N2O4/c1-4-25-20(24)15-9-5-6-10-16(15)21-13-19(23)22-17-11-7-8-12-18(17)26-14(2)3/h5-12,14,21H,4,13H2,1-3H3,(H,22,23). The van der Waals surface area contributed by atoms with Gasteiger partial charge in [0.25, 0.3) is 0 Å². The van der Waals surface area contributed by atoms with Crippen molar-refractivity contribution in [1.29, 1.82) is 0 Å². The van der Waals surface area contributed by atoms with E-state index in [0.717, 1.165) is 0 Å². The Hall–Kier alpha value is -3.02. The van der Waals surface area contributed by atoms with Crippen LogP contribution in [0.15, 0.2) is 48.5 Å². The first kappa shape index (κ1) is 19.3. The van der Waals surface area contributed by atoms with E-state index in [4.69, 9.17) is 9.47 Å². The minimum atomic E-state index is -0.424. The molecule has 2 N–H and O–H groups in total. The van der Waals surface area contributed by atoms with Gasteiger partial charge in [0.1, 0.15) is 5.75 Å². The molecule has 0 saturated carbocycles. The molecule has 0 unspecified atom stereocenters. The van der Waals surface area contributed by atoms with Crippen LogP contribution < -0.4 is 15.4 Å². The van der Waals surface area contributed by atoms with E-state index in [0.29, 0.717) is 29.3 Å². The van der Waals surface area contributed by atoms with E-state index >= 15 is 0 Å². The monoisotopic (exact) mass is 356 g/mol. The Morgan fingerprint density at radius 2 is 1.65 bits per heavy atom. The van der Waals surface area contributed by atoms with E-state index in [1.165, 1.54) is 0 Å². The summed E-state index contributed by atoms with van der Waals surface area (Å²) in [6.07, 6.45) is 0.00244. The average Bonchev–Trinajstić information content (AvgIpc) is 2.61. The highest BCUT2D eigenvalue weighted by Gasteiger charge is 2.13. The number of hydrogen-bond acceptors (Lipinski definition) is 5. The van der Waals surface area contributed by atoms with Crippen molar-refractivity contribution >= 4 is 23.3 Å². The van der Waals surface area contributed by atoms with E-state index in [2.05, 4.69) is 10.6 Å². The maximum absolute atomic E-state index is 12.3. The normalized spacial score (nSPS) is 10.3. The summed E-state index contributed by atoms with van der Waals surface area (Å²) in [5.74, 6) is -0.0575. The first-order chi connectivity index (χ1) is 12.5. The number of amides is 1. The van der Waals surface area contributed by atoms with Crippen molar-refractivity contribution in [1.82, 2.24) is 0 Å². The van der Waals surface area contributed by atoms with Crippen molar-refractivity contribution < 1.29 is 19.1 Å². The van der Waals surface area contributed by atoms with Crippen molar-refractivity contribution in [2.45, 2.75) is 26.9 Å². The SMILES string of the molecule is CCOC(=O)c1ccccc1NCC(=O)Nc1ccccc1OC(C)C. The zero-order valence-electron chi connectivity index (χ0n) is 15.2. The molecule has 0 bridgehead atoms. The number of para-hydroxylation sites is 3. The average molecular weight is 356 g/mol. The predicted molar refractivity (Wildman–Crippen MR) is 102 cm³/mol. The molecule has 2 rings (SSSR count). The third-order valence-electron chi connectivity index (χ3n) is 3.39. The summed E-state index contributed by atoms with van der Waals surface area (Å²) in [6.45, 7) is 5.89. The lowest BCUT2D eigenvalue weighted by atomic mass is 10.2. The summed E-state index contributed by atoms with van der Waals surface area (Å²) < 4.78 is 10.7. The number of carbonyl (C=O) groups is 2. The van der Waals surface area contributed by atoms with E-state index in [1.807, 2.05) is 26.0 Å². The van der Waals surface area contributed by atoms with Gasteiger partial charge in [-0.15, -0.1) is 0 Å². The van der Waals surface area contributed by atoms with Gasteiger partial charge in [0.15, 0.2) is 0 Å². The lowest BCUT2D eigenvalue weighted by molar-refractivity contribution is -0.114. The van der Waals surface area contributed by atoms with E-state index in [1.54, 1.807) is 43.3 Å². The van der Waals surface area contributed by atoms with Crippen LogP contribution >= 0.6 is 0 Å². The highest BCUT2D eigenvalue weighted by atomic mass is 16.5. The zero-order valence-corrected chi connectivity index (χ0v) is 15.2. The number of esters is 1. The Balaban J connectivity index is 2.01. The van der Waals surface area contributed by atoms with Gasteiger partial charge in [0.2, 0.25) is 5.91 Å². The largest absolute Gasteiger partial charge is 0.489 e. The lowest BCUT2D eigenvalue weighted by Crippen LogP contribution is -2.23. The number of anilines is 2. The second kappa shape index (κ2) is 9.46. The van der Waals surface area contributed by atoms with Gasteiger partial charge in [-0.25, -0.2) is 4.79 Å². The molecular formula is C20H24N2O4. The van der Waals surface area contributed by atoms with Gasteiger partial charge >= 0.3 is 5.97 Å². The molecule has 0 atom stereocenters. The molecule has 0 saturated heterocycles. The summed E-state index contributed by atoms with van der Waals surface area (Å²) in [5, 5.41) is 5.80. The third-order valence-corrected chi connectivity index (χ3v) is 3.39. The molecule has 0 aromatic heterocycles. The Morgan fingerprint density at radius 1 is 1.00 bits per heavy atom. The first-order valence-corrected chi connectivity index (χ1v) is 8.56. The maximum Gasteiger partial charge on any atom is 0.340 e. The molecule has 0 fully saturated rings. The van der Waals surface area contributed by atoms with Crippen molar-refractivity contribution in [3.8, 4) is 5.75 Å². The van der Waals surface area contributed by atoms with Gasteiger partial charge in [-0.1, -0.05) is 24.3 Å². The van der Waals surface area contributed by atoms with Crippen LogP contribution in [0.5, 0.6) is 5.75 Å². The maximum atomic E-state index is 12.3. The predicted octanol–water partition coefficient (Wildman–Crippen LogP) is 3.70. The van der Waals surface area contributed by atoms with E-state index < -0.39 is 5.97 Å². The zero-order chi connectivity index (χ0) is 18.9. The molecule has 0 aliphatic heterocycles. The highest BCUT2D eigenvalue weighted by Crippen LogP contribution is 2.24. The van der Waals surface area contributed by atoms with Gasteiger partial charge in [0.05, 0.1) is 30.5 Å². The fourth-order valence-corrected chi connectivity index (χ4v) is 2.32. The number of ether oxygens (including phenoxy) is 2. The molecule has 2 aromatic carbocycles. The highest BCUT2D eigenvalue weighted by molar-refractivity contribution is 5.98. The minimum Gasteiger partial charge on any atom is -0.489 e. The number of carbonyl (C=O) groups excluding carboxylic acids is 2. The summed E-state index contributed by atoms with van der Waals surface area (Å²) in [4.78, 5) is 24.3. The number of nitrogens with one attached hydrogen (secondary N) is 2. The number of rotatable bonds is 8. The van der Waals surface area contributed by atoms with E-state index in [-0.39, 0.29) is 18.6 Å². The molecule has 0 radical (unpaired) electrons. The second-order valence-corrected chi connectivity index (χ2v) is 5.83. The molecule has 0 spiro atoms. The topological polar surface area (TPSA) is 76.7 Å². The smallest absolute Gasteiger partial charge is 0.340 e. The molecule has 1 amide bonds. The summed E-state index contributed by atoms with van der Waals surface area (Å²) in [5.41, 5.74) is 1.55. The number of hydrogen-bond donors (Lipinski definition) is 2. The minimum absolute atomic E-state index is 0.00244. The molecular weight excluding hydrogens is 332 g/mol. The molecule has 0 aliphatic rings. The van der Waals surface area contributed by atoms with Gasteiger partial charge in [-0.3, -0.25) is 4.79 Å². The van der Waals surface area contributed by atoms with Gasteiger partial charge < -0.3 is 20.1 Å². The summed E-state index contributed by atoms with van der Waals surface area (Å²) >= 11 is 0. The Morgan fingerprint density at radius 3 is 2.35 bits per heavy atom. The van der Waals surface area contributed by atoms with E-state index in [9.17, 15) is 9.59 Å². The molecule has 0 aliphatic carbocycles. The molecule has 2 aromatic rings. The van der Waals surface area contributed by atoms with Crippen LogP contribution in [0, 0.1) is 0 Å². The van der Waals surface area contributed by atoms with Crippen LogP contribution in [0.4, 0.5) is 11.4 Å². The van der Waals surface area contributed by atoms with Crippen molar-refractivity contribution in [2.24, 2.45) is 0 Å². The molecule has 26 heavy (non-hydrogen) atoms. The van der Waals surface area contributed by atoms with Crippen LogP contribution in [0.2, 0.25) is 0 Å². The second-order valence-electron chi connectivity index (χ2n) is 5.83. The fraction of sp³-hybridized carbons (Fsp3) is 0.300. The van der Waals surface area contributed by atoms with Crippen LogP contribution in [0.1, 0.15) is 31.1 Å². The van der Waals surface area contributed by atoms with Crippen molar-refractivity contribution in [3.63, 3.8) is 0 Å². The van der Waals surface area contributed by atoms with Crippen LogP contribution in [0.3, 0.4) is 0 Å². The quantitative estimate of drug-likeness (QED) is 0.705. The molecule has 138 valence electrons. The summed E-state index contributed by atoms with van der Waals surface area (Å²) in [6, 6.07) is 14.2. The van der Waals surface area contributed by atoms with Gasteiger partial charge in [-0.05, 0) is 45.0 Å². The lowest BCUT2D eigenvalue weighted by Gasteiger charge is -2.15. The molecule has 6 heteroatoms. The molecule has 0 heterocycles. The van der Waals surface area contributed by atoms with Gasteiger partial charge in [-0.2, -0.15) is 0 Å². The van der Waals surface area contributed by atoms with Crippen LogP contribution in [-0.4, -0.2) is 31.1 Å². The van der Waals surface area contributed by atoms with Crippen molar-refractivity contribution in [3.05, 3.63) is 54.1 Å².